The van der Waals surface area contributed by atoms with Crippen LogP contribution in [0.2, 0.25) is 0 Å². The second-order valence-electron chi connectivity index (χ2n) is 9.82. The first-order valence-electron chi connectivity index (χ1n) is 13.0. The van der Waals surface area contributed by atoms with E-state index in [1.54, 1.807) is 16.7 Å². The Kier molecular flexibility index (Phi) is 8.00. The topological polar surface area (TPSA) is 95.7 Å². The summed E-state index contributed by atoms with van der Waals surface area (Å²) in [5, 5.41) is 9.13. The number of hydrogen-bond acceptors (Lipinski definition) is 6. The summed E-state index contributed by atoms with van der Waals surface area (Å²) in [7, 11) is 2.85. The van der Waals surface area contributed by atoms with E-state index in [2.05, 4.69) is 9.97 Å². The molecule has 0 bridgehead atoms. The highest BCUT2D eigenvalue weighted by Gasteiger charge is 2.32. The van der Waals surface area contributed by atoms with Crippen LogP contribution in [0.15, 0.2) is 36.4 Å². The Bertz CT molecular complexity index is 1580. The van der Waals surface area contributed by atoms with Gasteiger partial charge in [0.2, 0.25) is 11.8 Å². The molecular weight excluding hydrogens is 546 g/mol. The van der Waals surface area contributed by atoms with E-state index in [0.29, 0.717) is 17.7 Å². The van der Waals surface area contributed by atoms with Gasteiger partial charge in [-0.15, -0.1) is 0 Å². The van der Waals surface area contributed by atoms with Crippen LogP contribution in [0, 0.1) is 29.2 Å². The van der Waals surface area contributed by atoms with Gasteiger partial charge in [0.25, 0.3) is 0 Å². The van der Waals surface area contributed by atoms with Crippen molar-refractivity contribution in [2.75, 3.05) is 20.8 Å². The van der Waals surface area contributed by atoms with Crippen molar-refractivity contribution in [3.63, 3.8) is 0 Å². The molecule has 1 aliphatic carbocycles. The number of hydrogen-bond donors (Lipinski definition) is 1. The molecule has 1 aliphatic rings. The Hall–Kier alpha value is -4.35. The molecule has 1 unspecified atom stereocenters. The Balaban J connectivity index is 1.67. The average Bonchev–Trinajstić information content (AvgIpc) is 3.31. The molecule has 2 aromatic carbocycles. The lowest BCUT2D eigenvalue weighted by molar-refractivity contribution is 0.0695. The summed E-state index contributed by atoms with van der Waals surface area (Å²) < 4.78 is 76.6. The van der Waals surface area contributed by atoms with Crippen molar-refractivity contribution in [1.82, 2.24) is 14.5 Å². The molecule has 5 rings (SSSR count). The fourth-order valence-corrected chi connectivity index (χ4v) is 5.41. The van der Waals surface area contributed by atoms with Crippen LogP contribution in [-0.4, -0.2) is 46.4 Å². The number of aromatic carboxylic acids is 1. The van der Waals surface area contributed by atoms with E-state index >= 15 is 0 Å². The zero-order chi connectivity index (χ0) is 29.3. The number of carboxylic acids is 1. The van der Waals surface area contributed by atoms with Gasteiger partial charge in [0.15, 0.2) is 29.0 Å². The van der Waals surface area contributed by atoms with Crippen molar-refractivity contribution < 1.29 is 41.7 Å². The minimum Gasteiger partial charge on any atom is -0.485 e. The van der Waals surface area contributed by atoms with Crippen LogP contribution in [0.3, 0.4) is 0 Å². The number of benzene rings is 2. The maximum absolute atomic E-state index is 14.8. The summed E-state index contributed by atoms with van der Waals surface area (Å²) in [5.74, 6) is -6.13. The molecule has 12 heteroatoms. The number of imidazole rings is 1. The molecule has 0 amide bonds. The van der Waals surface area contributed by atoms with Gasteiger partial charge in [-0.25, -0.2) is 27.3 Å². The normalized spacial score (nSPS) is 14.7. The van der Waals surface area contributed by atoms with Crippen LogP contribution in [0.4, 0.5) is 17.6 Å². The lowest BCUT2D eigenvalue weighted by Crippen LogP contribution is -2.28. The molecule has 0 saturated heterocycles. The van der Waals surface area contributed by atoms with E-state index in [0.717, 1.165) is 44.2 Å². The van der Waals surface area contributed by atoms with Crippen molar-refractivity contribution in [3.8, 4) is 28.9 Å². The zero-order valence-corrected chi connectivity index (χ0v) is 22.3. The van der Waals surface area contributed by atoms with E-state index in [9.17, 15) is 22.4 Å². The van der Waals surface area contributed by atoms with Gasteiger partial charge in [-0.3, -0.25) is 0 Å². The van der Waals surface area contributed by atoms with Gasteiger partial charge < -0.3 is 23.9 Å². The number of methoxy groups -OCH3 is 2. The molecule has 8 nitrogen and oxygen atoms in total. The standard InChI is InChI=1S/C29H27F4N3O5/c1-39-25-9-8-17(28(35-25)40-2)27-34-22-12-18(30)19(31)13-23(22)36(27)24(15-6-4-3-5-7-15)14-41-26-20(32)10-16(29(37)38)11-21(26)33/h8-13,15,24H,3-7,14H2,1-2H3,(H,37,38). The van der Waals surface area contributed by atoms with Gasteiger partial charge in [-0.2, -0.15) is 4.98 Å². The Morgan fingerprint density at radius 3 is 2.27 bits per heavy atom. The predicted molar refractivity (Wildman–Crippen MR) is 140 cm³/mol. The first kappa shape index (κ1) is 28.2. The van der Waals surface area contributed by atoms with Crippen molar-refractivity contribution in [1.29, 1.82) is 0 Å². The molecule has 0 radical (unpaired) electrons. The van der Waals surface area contributed by atoms with Gasteiger partial charge in [0, 0.05) is 18.2 Å². The minimum atomic E-state index is -1.49. The number of carbonyl (C=O) groups is 1. The fourth-order valence-electron chi connectivity index (χ4n) is 5.41. The molecule has 2 heterocycles. The van der Waals surface area contributed by atoms with Crippen molar-refractivity contribution >= 4 is 17.0 Å². The van der Waals surface area contributed by atoms with Gasteiger partial charge in [0.1, 0.15) is 12.4 Å². The van der Waals surface area contributed by atoms with Crippen LogP contribution in [-0.2, 0) is 0 Å². The van der Waals surface area contributed by atoms with Crippen molar-refractivity contribution in [2.24, 2.45) is 5.92 Å². The molecule has 216 valence electrons. The SMILES string of the molecule is COc1ccc(-c2nc3cc(F)c(F)cc3n2C(COc2c(F)cc(C(=O)O)cc2F)C2CCCCC2)c(OC)n1. The van der Waals surface area contributed by atoms with Crippen LogP contribution in [0.5, 0.6) is 17.5 Å². The average molecular weight is 574 g/mol. The van der Waals surface area contributed by atoms with Crippen LogP contribution >= 0.6 is 0 Å². The van der Waals surface area contributed by atoms with Crippen molar-refractivity contribution in [3.05, 3.63) is 65.2 Å². The molecule has 1 N–H and O–H groups in total. The summed E-state index contributed by atoms with van der Waals surface area (Å²) in [4.78, 5) is 20.2. The molecule has 1 saturated carbocycles. The third-order valence-electron chi connectivity index (χ3n) is 7.38. The third kappa shape index (κ3) is 5.50. The number of aromatic nitrogens is 3. The van der Waals surface area contributed by atoms with Crippen LogP contribution in [0.1, 0.15) is 48.5 Å². The molecule has 1 fully saturated rings. The maximum Gasteiger partial charge on any atom is 0.335 e. The van der Waals surface area contributed by atoms with E-state index in [1.807, 2.05) is 0 Å². The van der Waals surface area contributed by atoms with E-state index in [-0.39, 0.29) is 41.1 Å². The summed E-state index contributed by atoms with van der Waals surface area (Å²) in [6, 6.07) is 5.98. The summed E-state index contributed by atoms with van der Waals surface area (Å²) in [5.41, 5.74) is 0.240. The minimum absolute atomic E-state index is 0.0744. The monoisotopic (exact) mass is 573 g/mol. The van der Waals surface area contributed by atoms with Gasteiger partial charge in [-0.05, 0) is 37.0 Å². The number of pyridine rings is 1. The number of fused-ring (bicyclic) bond motifs is 1. The van der Waals surface area contributed by atoms with Crippen LogP contribution in [0.25, 0.3) is 22.4 Å². The predicted octanol–water partition coefficient (Wildman–Crippen LogP) is 6.57. The third-order valence-corrected chi connectivity index (χ3v) is 7.38. The summed E-state index contributed by atoms with van der Waals surface area (Å²) in [6.45, 7) is -0.270. The molecule has 4 aromatic rings. The fraction of sp³-hybridized carbons (Fsp3) is 0.345. The molecule has 0 spiro atoms. The quantitative estimate of drug-likeness (QED) is 0.226. The maximum atomic E-state index is 14.8. The number of carboxylic acid groups (broad SMARTS) is 1. The molecule has 2 aromatic heterocycles. The number of rotatable bonds is 9. The largest absolute Gasteiger partial charge is 0.485 e. The first-order valence-corrected chi connectivity index (χ1v) is 13.0. The number of ether oxygens (including phenoxy) is 3. The first-order chi connectivity index (χ1) is 19.7. The van der Waals surface area contributed by atoms with Crippen LogP contribution < -0.4 is 14.2 Å². The van der Waals surface area contributed by atoms with Gasteiger partial charge in [0.05, 0.1) is 42.4 Å². The zero-order valence-electron chi connectivity index (χ0n) is 22.3. The molecule has 0 aliphatic heterocycles. The summed E-state index contributed by atoms with van der Waals surface area (Å²) in [6.07, 6.45) is 4.30. The molecule has 41 heavy (non-hydrogen) atoms. The van der Waals surface area contributed by atoms with E-state index < -0.39 is 46.6 Å². The van der Waals surface area contributed by atoms with Gasteiger partial charge >= 0.3 is 5.97 Å². The molecule has 1 atom stereocenters. The highest BCUT2D eigenvalue weighted by molar-refractivity contribution is 5.87. The highest BCUT2D eigenvalue weighted by Crippen LogP contribution is 2.41. The number of halogens is 4. The molecular formula is C29H27F4N3O5. The van der Waals surface area contributed by atoms with E-state index in [4.69, 9.17) is 19.3 Å². The lowest BCUT2D eigenvalue weighted by Gasteiger charge is -2.33. The number of nitrogens with zero attached hydrogens (tertiary/aromatic N) is 3. The lowest BCUT2D eigenvalue weighted by atomic mass is 9.83. The Morgan fingerprint density at radius 2 is 1.63 bits per heavy atom. The Morgan fingerprint density at radius 1 is 0.951 bits per heavy atom. The Labute approximate surface area is 232 Å². The van der Waals surface area contributed by atoms with Crippen molar-refractivity contribution in [2.45, 2.75) is 38.1 Å². The second kappa shape index (κ2) is 11.6. The second-order valence-corrected chi connectivity index (χ2v) is 9.82. The smallest absolute Gasteiger partial charge is 0.335 e. The highest BCUT2D eigenvalue weighted by atomic mass is 19.2. The van der Waals surface area contributed by atoms with E-state index in [1.165, 1.54) is 14.2 Å². The van der Waals surface area contributed by atoms with Gasteiger partial charge in [-0.1, -0.05) is 19.3 Å². The summed E-state index contributed by atoms with van der Waals surface area (Å²) >= 11 is 0.